The number of fused-ring (bicyclic) bond motifs is 1. The lowest BCUT2D eigenvalue weighted by atomic mass is 10.0. The van der Waals surface area contributed by atoms with Crippen LogP contribution in [0, 0.1) is 0 Å². The van der Waals surface area contributed by atoms with Crippen molar-refractivity contribution in [2.45, 2.75) is 6.42 Å². The number of para-hydroxylation sites is 1. The predicted octanol–water partition coefficient (Wildman–Crippen LogP) is 2.88. The van der Waals surface area contributed by atoms with Gasteiger partial charge < -0.3 is 9.47 Å². The Bertz CT molecular complexity index is 590. The number of carbonyl (C=O) groups is 1. The zero-order valence-corrected chi connectivity index (χ0v) is 10.5. The molecule has 0 unspecified atom stereocenters. The summed E-state index contributed by atoms with van der Waals surface area (Å²) in [5, 5.41) is 0. The summed E-state index contributed by atoms with van der Waals surface area (Å²) < 4.78 is 11.1. The van der Waals surface area contributed by atoms with Gasteiger partial charge in [0.05, 0.1) is 5.56 Å². The molecule has 3 nitrogen and oxygen atoms in total. The van der Waals surface area contributed by atoms with Crippen LogP contribution < -0.4 is 9.47 Å². The fraction of sp³-hybridized carbons (Fsp3) is 0.188. The quantitative estimate of drug-likeness (QED) is 0.790. The molecule has 19 heavy (non-hydrogen) atoms. The van der Waals surface area contributed by atoms with Gasteiger partial charge in [0.25, 0.3) is 0 Å². The third kappa shape index (κ3) is 2.45. The highest BCUT2D eigenvalue weighted by Crippen LogP contribution is 2.34. The molecule has 3 rings (SSSR count). The van der Waals surface area contributed by atoms with Crippen molar-refractivity contribution in [1.82, 2.24) is 0 Å². The average Bonchev–Trinajstić information content (AvgIpc) is 2.47. The lowest BCUT2D eigenvalue weighted by molar-refractivity contribution is 0.0982. The Hall–Kier alpha value is -2.29. The van der Waals surface area contributed by atoms with Crippen molar-refractivity contribution in [2.24, 2.45) is 0 Å². The van der Waals surface area contributed by atoms with E-state index in [0.29, 0.717) is 36.7 Å². The van der Waals surface area contributed by atoms with Crippen molar-refractivity contribution in [3.8, 4) is 11.5 Å². The standard InChI is InChI=1S/C16H14O3/c17-14(11-12-5-2-1-3-6-12)13-7-4-8-15-16(13)19-10-9-18-15/h1-8H,9-11H2. The van der Waals surface area contributed by atoms with Gasteiger partial charge in [-0.3, -0.25) is 4.79 Å². The van der Waals surface area contributed by atoms with Gasteiger partial charge >= 0.3 is 0 Å². The van der Waals surface area contributed by atoms with Crippen LogP contribution in [0.1, 0.15) is 15.9 Å². The lowest BCUT2D eigenvalue weighted by Gasteiger charge is -2.20. The Morgan fingerprint density at radius 1 is 0.947 bits per heavy atom. The van der Waals surface area contributed by atoms with E-state index in [-0.39, 0.29) is 5.78 Å². The number of hydrogen-bond acceptors (Lipinski definition) is 3. The maximum absolute atomic E-state index is 12.4. The summed E-state index contributed by atoms with van der Waals surface area (Å²) in [7, 11) is 0. The van der Waals surface area contributed by atoms with E-state index in [1.165, 1.54) is 0 Å². The van der Waals surface area contributed by atoms with Crippen molar-refractivity contribution in [3.63, 3.8) is 0 Å². The maximum atomic E-state index is 12.4. The minimum absolute atomic E-state index is 0.0496. The van der Waals surface area contributed by atoms with E-state index in [0.717, 1.165) is 5.56 Å². The molecular formula is C16H14O3. The molecule has 0 amide bonds. The Morgan fingerprint density at radius 3 is 2.58 bits per heavy atom. The van der Waals surface area contributed by atoms with Crippen LogP contribution in [0.25, 0.3) is 0 Å². The van der Waals surface area contributed by atoms with Crippen molar-refractivity contribution >= 4 is 5.78 Å². The van der Waals surface area contributed by atoms with E-state index in [1.807, 2.05) is 42.5 Å². The van der Waals surface area contributed by atoms with Crippen LogP contribution in [-0.2, 0) is 6.42 Å². The first kappa shape index (κ1) is 11.8. The van der Waals surface area contributed by atoms with Gasteiger partial charge in [-0.25, -0.2) is 0 Å². The largest absolute Gasteiger partial charge is 0.486 e. The molecule has 0 bridgehead atoms. The number of carbonyl (C=O) groups excluding carboxylic acids is 1. The summed E-state index contributed by atoms with van der Waals surface area (Å²) in [6.07, 6.45) is 0.376. The summed E-state index contributed by atoms with van der Waals surface area (Å²) in [4.78, 5) is 12.4. The van der Waals surface area contributed by atoms with Crippen LogP contribution in [0.5, 0.6) is 11.5 Å². The van der Waals surface area contributed by atoms with Gasteiger partial charge in [0, 0.05) is 6.42 Å². The zero-order valence-electron chi connectivity index (χ0n) is 10.5. The topological polar surface area (TPSA) is 35.5 Å². The molecule has 2 aromatic carbocycles. The molecule has 3 heteroatoms. The molecule has 0 spiro atoms. The predicted molar refractivity (Wildman–Crippen MR) is 71.9 cm³/mol. The highest BCUT2D eigenvalue weighted by molar-refractivity contribution is 6.00. The van der Waals surface area contributed by atoms with Crippen LogP contribution in [0.4, 0.5) is 0 Å². The van der Waals surface area contributed by atoms with Gasteiger partial charge in [-0.05, 0) is 17.7 Å². The maximum Gasteiger partial charge on any atom is 0.172 e. The minimum atomic E-state index is 0.0496. The minimum Gasteiger partial charge on any atom is -0.486 e. The van der Waals surface area contributed by atoms with Gasteiger partial charge in [-0.2, -0.15) is 0 Å². The van der Waals surface area contributed by atoms with Crippen molar-refractivity contribution in [1.29, 1.82) is 0 Å². The third-order valence-electron chi connectivity index (χ3n) is 3.07. The van der Waals surface area contributed by atoms with E-state index in [2.05, 4.69) is 0 Å². The second kappa shape index (κ2) is 5.14. The number of rotatable bonds is 3. The molecule has 96 valence electrons. The van der Waals surface area contributed by atoms with Gasteiger partial charge in [-0.15, -0.1) is 0 Å². The molecule has 0 saturated carbocycles. The van der Waals surface area contributed by atoms with E-state index < -0.39 is 0 Å². The van der Waals surface area contributed by atoms with Crippen LogP contribution in [0.15, 0.2) is 48.5 Å². The van der Waals surface area contributed by atoms with Crippen LogP contribution in [0.3, 0.4) is 0 Å². The number of ketones is 1. The first-order valence-corrected chi connectivity index (χ1v) is 6.30. The molecule has 0 N–H and O–H groups in total. The van der Waals surface area contributed by atoms with Gasteiger partial charge in [0.15, 0.2) is 17.3 Å². The molecule has 1 aliphatic rings. The molecule has 0 atom stereocenters. The number of ether oxygens (including phenoxy) is 2. The Balaban J connectivity index is 1.88. The second-order valence-electron chi connectivity index (χ2n) is 4.42. The summed E-state index contributed by atoms with van der Waals surface area (Å²) in [5.41, 5.74) is 1.60. The molecule has 0 fully saturated rings. The molecule has 0 aliphatic carbocycles. The van der Waals surface area contributed by atoms with Crippen LogP contribution >= 0.6 is 0 Å². The van der Waals surface area contributed by atoms with Crippen molar-refractivity contribution in [3.05, 3.63) is 59.7 Å². The number of Topliss-reactive ketones (excluding diaryl/α,β-unsaturated/α-hetero) is 1. The van der Waals surface area contributed by atoms with E-state index in [9.17, 15) is 4.79 Å². The molecular weight excluding hydrogens is 240 g/mol. The molecule has 1 heterocycles. The highest BCUT2D eigenvalue weighted by Gasteiger charge is 2.20. The average molecular weight is 254 g/mol. The molecule has 0 aromatic heterocycles. The van der Waals surface area contributed by atoms with Gasteiger partial charge in [-0.1, -0.05) is 36.4 Å². The highest BCUT2D eigenvalue weighted by atomic mass is 16.6. The van der Waals surface area contributed by atoms with Crippen molar-refractivity contribution < 1.29 is 14.3 Å². The zero-order chi connectivity index (χ0) is 13.1. The monoisotopic (exact) mass is 254 g/mol. The van der Waals surface area contributed by atoms with Crippen molar-refractivity contribution in [2.75, 3.05) is 13.2 Å². The second-order valence-corrected chi connectivity index (χ2v) is 4.42. The first-order valence-electron chi connectivity index (χ1n) is 6.30. The Kier molecular flexibility index (Phi) is 3.19. The normalized spacial score (nSPS) is 13.1. The lowest BCUT2D eigenvalue weighted by Crippen LogP contribution is -2.18. The smallest absolute Gasteiger partial charge is 0.172 e. The van der Waals surface area contributed by atoms with Crippen LogP contribution in [-0.4, -0.2) is 19.0 Å². The first-order chi connectivity index (χ1) is 9.34. The summed E-state index contributed by atoms with van der Waals surface area (Å²) in [6.45, 7) is 1.02. The Labute approximate surface area is 111 Å². The fourth-order valence-electron chi connectivity index (χ4n) is 2.17. The Morgan fingerprint density at radius 2 is 1.74 bits per heavy atom. The molecule has 1 aliphatic heterocycles. The van der Waals surface area contributed by atoms with Crippen LogP contribution in [0.2, 0.25) is 0 Å². The van der Waals surface area contributed by atoms with Gasteiger partial charge in [0.2, 0.25) is 0 Å². The van der Waals surface area contributed by atoms with E-state index in [4.69, 9.17) is 9.47 Å². The number of hydrogen-bond donors (Lipinski definition) is 0. The summed E-state index contributed by atoms with van der Waals surface area (Å²) in [5.74, 6) is 1.29. The SMILES string of the molecule is O=C(Cc1ccccc1)c1cccc2c1OCCO2. The molecule has 2 aromatic rings. The van der Waals surface area contributed by atoms with Gasteiger partial charge in [0.1, 0.15) is 13.2 Å². The third-order valence-corrected chi connectivity index (χ3v) is 3.07. The summed E-state index contributed by atoms with van der Waals surface area (Å²) >= 11 is 0. The van der Waals surface area contributed by atoms with E-state index >= 15 is 0 Å². The number of benzene rings is 2. The summed E-state index contributed by atoms with van der Waals surface area (Å²) in [6, 6.07) is 15.1. The molecule has 0 radical (unpaired) electrons. The van der Waals surface area contributed by atoms with E-state index in [1.54, 1.807) is 6.07 Å². The molecule has 0 saturated heterocycles. The fourth-order valence-corrected chi connectivity index (χ4v) is 2.17.